The summed E-state index contributed by atoms with van der Waals surface area (Å²) in [4.78, 5) is 13.6. The van der Waals surface area contributed by atoms with E-state index >= 15 is 0 Å². The van der Waals surface area contributed by atoms with Crippen LogP contribution >= 0.6 is 0 Å². The first-order chi connectivity index (χ1) is 16.6. The molecule has 5 rings (SSSR count). The van der Waals surface area contributed by atoms with E-state index < -0.39 is 0 Å². The number of non-ortho nitro benzene ring substituents is 1. The first-order valence-electron chi connectivity index (χ1n) is 11.1. The van der Waals surface area contributed by atoms with Gasteiger partial charge >= 0.3 is 0 Å². The maximum absolute atomic E-state index is 11.6. The van der Waals surface area contributed by atoms with E-state index in [2.05, 4.69) is 23.1 Å². The Kier molecular flexibility index (Phi) is 6.08. The summed E-state index contributed by atoms with van der Waals surface area (Å²) in [6, 6.07) is 17.5. The minimum atomic E-state index is -0.365. The van der Waals surface area contributed by atoms with Crippen molar-refractivity contribution in [3.05, 3.63) is 92.5 Å². The second-order valence-electron chi connectivity index (χ2n) is 8.40. The number of benzene rings is 3. The number of hydrogen-bond donors (Lipinski definition) is 0. The van der Waals surface area contributed by atoms with Gasteiger partial charge in [-0.2, -0.15) is 0 Å². The highest BCUT2D eigenvalue weighted by atomic mass is 16.7. The summed E-state index contributed by atoms with van der Waals surface area (Å²) in [6.45, 7) is 1.71. The molecule has 0 radical (unpaired) electrons. The number of nitrogens with zero attached hydrogens (tertiary/aromatic N) is 2. The number of nitro groups is 1. The minimum Gasteiger partial charge on any atom is -0.493 e. The Morgan fingerprint density at radius 3 is 2.56 bits per heavy atom. The van der Waals surface area contributed by atoms with Gasteiger partial charge in [0.25, 0.3) is 5.69 Å². The van der Waals surface area contributed by atoms with Crippen molar-refractivity contribution in [1.29, 1.82) is 0 Å². The number of ether oxygens (including phenoxy) is 4. The van der Waals surface area contributed by atoms with Crippen LogP contribution in [0.4, 0.5) is 5.69 Å². The van der Waals surface area contributed by atoms with Gasteiger partial charge in [0.2, 0.25) is 0 Å². The highest BCUT2D eigenvalue weighted by molar-refractivity contribution is 5.53. The van der Waals surface area contributed by atoms with Crippen LogP contribution in [-0.4, -0.2) is 37.4 Å². The van der Waals surface area contributed by atoms with Crippen molar-refractivity contribution in [2.75, 3.05) is 27.6 Å². The molecule has 176 valence electrons. The van der Waals surface area contributed by atoms with E-state index in [9.17, 15) is 10.1 Å². The van der Waals surface area contributed by atoms with Crippen LogP contribution in [0.5, 0.6) is 17.2 Å². The van der Waals surface area contributed by atoms with Crippen LogP contribution < -0.4 is 14.2 Å². The molecule has 0 amide bonds. The van der Waals surface area contributed by atoms with Gasteiger partial charge in [0, 0.05) is 36.3 Å². The van der Waals surface area contributed by atoms with E-state index in [0.717, 1.165) is 29.7 Å². The quantitative estimate of drug-likeness (QED) is 0.390. The Hall–Kier alpha value is -3.62. The van der Waals surface area contributed by atoms with E-state index in [0.29, 0.717) is 36.0 Å². The van der Waals surface area contributed by atoms with Crippen LogP contribution in [0.15, 0.2) is 54.6 Å². The van der Waals surface area contributed by atoms with Gasteiger partial charge in [0.1, 0.15) is 5.75 Å². The number of methoxy groups -OCH3 is 2. The molecule has 0 aliphatic carbocycles. The maximum atomic E-state index is 11.6. The molecule has 2 aliphatic rings. The molecule has 0 bridgehead atoms. The summed E-state index contributed by atoms with van der Waals surface area (Å²) >= 11 is 0. The van der Waals surface area contributed by atoms with E-state index in [1.54, 1.807) is 20.3 Å². The predicted octanol–water partition coefficient (Wildman–Crippen LogP) is 4.63. The maximum Gasteiger partial charge on any atom is 0.270 e. The van der Waals surface area contributed by atoms with Gasteiger partial charge in [0.05, 0.1) is 31.8 Å². The van der Waals surface area contributed by atoms with Gasteiger partial charge < -0.3 is 18.9 Å². The lowest BCUT2D eigenvalue weighted by Crippen LogP contribution is -2.36. The summed E-state index contributed by atoms with van der Waals surface area (Å²) in [5.41, 5.74) is 5.02. The Labute approximate surface area is 197 Å². The van der Waals surface area contributed by atoms with Crippen LogP contribution in [0.2, 0.25) is 0 Å². The first-order valence-corrected chi connectivity index (χ1v) is 11.1. The molecule has 0 saturated carbocycles. The molecule has 0 spiro atoms. The van der Waals surface area contributed by atoms with E-state index in [1.165, 1.54) is 11.6 Å². The van der Waals surface area contributed by atoms with Crippen molar-refractivity contribution < 1.29 is 23.9 Å². The molecular weight excluding hydrogens is 436 g/mol. The fraction of sp³-hybridized carbons (Fsp3) is 0.308. The average molecular weight is 463 g/mol. The Morgan fingerprint density at radius 1 is 1.06 bits per heavy atom. The van der Waals surface area contributed by atoms with Crippen molar-refractivity contribution in [2.45, 2.75) is 25.6 Å². The number of fused-ring (bicyclic) bond motifs is 2. The molecule has 8 heteroatoms. The molecule has 3 aromatic rings. The van der Waals surface area contributed by atoms with Crippen LogP contribution in [-0.2, 0) is 24.3 Å². The van der Waals surface area contributed by atoms with Crippen LogP contribution in [0, 0.1) is 10.1 Å². The zero-order valence-electron chi connectivity index (χ0n) is 19.2. The van der Waals surface area contributed by atoms with Crippen LogP contribution in [0.1, 0.15) is 33.9 Å². The number of rotatable bonds is 6. The average Bonchev–Trinajstić information content (AvgIpc) is 2.88. The van der Waals surface area contributed by atoms with Crippen molar-refractivity contribution in [3.8, 4) is 17.2 Å². The molecule has 34 heavy (non-hydrogen) atoms. The third kappa shape index (κ3) is 4.06. The SMILES string of the molecule is COc1cc2c(cc1OC)C(c1ccccc1)N(Cc1cc([N+](=O)[O-])cc3c1OCOC3)CC2. The Morgan fingerprint density at radius 2 is 1.82 bits per heavy atom. The lowest BCUT2D eigenvalue weighted by molar-refractivity contribution is -0.385. The lowest BCUT2D eigenvalue weighted by Gasteiger charge is -2.38. The second-order valence-corrected chi connectivity index (χ2v) is 8.40. The lowest BCUT2D eigenvalue weighted by atomic mass is 9.87. The zero-order valence-corrected chi connectivity index (χ0v) is 19.2. The van der Waals surface area contributed by atoms with Gasteiger partial charge in [-0.05, 0) is 35.2 Å². The van der Waals surface area contributed by atoms with Gasteiger partial charge in [-0.25, -0.2) is 0 Å². The topological polar surface area (TPSA) is 83.3 Å². The normalized spacial score (nSPS) is 17.3. The van der Waals surface area contributed by atoms with Crippen molar-refractivity contribution in [1.82, 2.24) is 4.90 Å². The molecule has 8 nitrogen and oxygen atoms in total. The molecule has 1 atom stereocenters. The summed E-state index contributed by atoms with van der Waals surface area (Å²) in [5.74, 6) is 2.07. The van der Waals surface area contributed by atoms with Crippen molar-refractivity contribution >= 4 is 5.69 Å². The molecule has 0 aromatic heterocycles. The summed E-state index contributed by atoms with van der Waals surface area (Å²) in [6.07, 6.45) is 0.820. The summed E-state index contributed by atoms with van der Waals surface area (Å²) < 4.78 is 22.3. The number of hydrogen-bond acceptors (Lipinski definition) is 7. The van der Waals surface area contributed by atoms with Gasteiger partial charge in [-0.1, -0.05) is 30.3 Å². The third-order valence-electron chi connectivity index (χ3n) is 6.44. The Bertz CT molecular complexity index is 1210. The molecular formula is C26H26N2O6. The summed E-state index contributed by atoms with van der Waals surface area (Å²) in [7, 11) is 3.28. The second kappa shape index (κ2) is 9.32. The largest absolute Gasteiger partial charge is 0.493 e. The van der Waals surface area contributed by atoms with E-state index in [1.807, 2.05) is 24.3 Å². The monoisotopic (exact) mass is 462 g/mol. The fourth-order valence-corrected chi connectivity index (χ4v) is 4.92. The van der Waals surface area contributed by atoms with Crippen LogP contribution in [0.25, 0.3) is 0 Å². The van der Waals surface area contributed by atoms with Crippen molar-refractivity contribution in [3.63, 3.8) is 0 Å². The molecule has 2 aliphatic heterocycles. The van der Waals surface area contributed by atoms with Crippen LogP contribution in [0.3, 0.4) is 0 Å². The molecule has 3 aromatic carbocycles. The van der Waals surface area contributed by atoms with E-state index in [4.69, 9.17) is 18.9 Å². The standard InChI is InChI=1S/C26H26N2O6/c1-31-23-12-18-8-9-27(25(17-6-4-3-5-7-17)22(18)13-24(23)32-2)14-19-10-21(28(29)30)11-20-15-33-16-34-26(19)20/h3-7,10-13,25H,8-9,14-16H2,1-2H3. The molecule has 1 unspecified atom stereocenters. The first kappa shape index (κ1) is 22.2. The highest BCUT2D eigenvalue weighted by Gasteiger charge is 2.32. The van der Waals surface area contributed by atoms with Crippen molar-refractivity contribution in [2.24, 2.45) is 0 Å². The minimum absolute atomic E-state index is 0.0444. The van der Waals surface area contributed by atoms with Gasteiger partial charge in [-0.3, -0.25) is 15.0 Å². The summed E-state index contributed by atoms with van der Waals surface area (Å²) in [5, 5.41) is 11.6. The molecule has 0 fully saturated rings. The zero-order chi connectivity index (χ0) is 23.7. The van der Waals surface area contributed by atoms with Gasteiger partial charge in [-0.15, -0.1) is 0 Å². The Balaban J connectivity index is 1.60. The van der Waals surface area contributed by atoms with Gasteiger partial charge in [0.15, 0.2) is 18.3 Å². The smallest absolute Gasteiger partial charge is 0.270 e. The van der Waals surface area contributed by atoms with E-state index in [-0.39, 0.29) is 23.4 Å². The molecule has 0 N–H and O–H groups in total. The highest BCUT2D eigenvalue weighted by Crippen LogP contribution is 2.43. The molecule has 0 saturated heterocycles. The third-order valence-corrected chi connectivity index (χ3v) is 6.44. The molecule has 2 heterocycles. The fourth-order valence-electron chi connectivity index (χ4n) is 4.92. The predicted molar refractivity (Wildman–Crippen MR) is 125 cm³/mol. The number of nitro benzene ring substituents is 1.